The molecule has 184 valence electrons. The van der Waals surface area contributed by atoms with Crippen molar-refractivity contribution in [2.45, 2.75) is 64.2 Å². The van der Waals surface area contributed by atoms with Gasteiger partial charge in [0.25, 0.3) is 0 Å². The lowest BCUT2D eigenvalue weighted by atomic mass is 9.83. The quantitative estimate of drug-likeness (QED) is 0.414. The summed E-state index contributed by atoms with van der Waals surface area (Å²) in [6, 6.07) is 3.73. The monoisotopic (exact) mass is 502 g/mol. The van der Waals surface area contributed by atoms with Gasteiger partial charge in [0.15, 0.2) is 0 Å². The Bertz CT molecular complexity index is 1270. The third kappa shape index (κ3) is 4.68. The number of hydrogen-bond donors (Lipinski definition) is 0. The Balaban J connectivity index is 1.71. The third-order valence-corrected chi connectivity index (χ3v) is 7.47. The number of nitrogens with zero attached hydrogens (tertiary/aromatic N) is 6. The minimum atomic E-state index is -4.35. The molecular formula is C25H26ClF3N6. The molecule has 10 heteroatoms. The van der Waals surface area contributed by atoms with Crippen molar-refractivity contribution < 1.29 is 13.2 Å². The van der Waals surface area contributed by atoms with Gasteiger partial charge in [0, 0.05) is 37.1 Å². The van der Waals surface area contributed by atoms with Gasteiger partial charge in [-0.05, 0) is 43.6 Å². The number of fused-ring (bicyclic) bond motifs is 1. The van der Waals surface area contributed by atoms with E-state index in [4.69, 9.17) is 16.6 Å². The minimum absolute atomic E-state index is 0.0421. The molecule has 1 aliphatic heterocycles. The summed E-state index contributed by atoms with van der Waals surface area (Å²) in [6.07, 6.45) is 3.47. The molecule has 5 rings (SSSR count). The van der Waals surface area contributed by atoms with Crippen molar-refractivity contribution in [3.8, 4) is 17.3 Å². The zero-order valence-corrected chi connectivity index (χ0v) is 20.1. The SMILES string of the molecule is CC1CCC(Cn2c(N3CCC[C@H]3C(F)(F)F)nc3cc(C#N)nc(-c4cncc(Cl)c4)c32)CC1. The maximum atomic E-state index is 13.9. The Morgan fingerprint density at radius 2 is 1.89 bits per heavy atom. The third-order valence-electron chi connectivity index (χ3n) is 7.26. The molecule has 0 amide bonds. The van der Waals surface area contributed by atoms with Crippen molar-refractivity contribution in [3.05, 3.63) is 35.2 Å². The first kappa shape index (κ1) is 23.9. The molecule has 1 atom stereocenters. The van der Waals surface area contributed by atoms with Crippen LogP contribution in [-0.4, -0.2) is 38.3 Å². The Morgan fingerprint density at radius 1 is 1.11 bits per heavy atom. The van der Waals surface area contributed by atoms with Crippen LogP contribution < -0.4 is 4.90 Å². The number of pyridine rings is 2. The van der Waals surface area contributed by atoms with Crippen LogP contribution in [0.5, 0.6) is 0 Å². The predicted octanol–water partition coefficient (Wildman–Crippen LogP) is 6.38. The van der Waals surface area contributed by atoms with E-state index in [1.807, 2.05) is 4.57 Å². The molecule has 35 heavy (non-hydrogen) atoms. The Morgan fingerprint density at radius 3 is 2.57 bits per heavy atom. The summed E-state index contributed by atoms with van der Waals surface area (Å²) >= 11 is 6.20. The topological polar surface area (TPSA) is 70.6 Å². The highest BCUT2D eigenvalue weighted by Crippen LogP contribution is 2.40. The number of imidazole rings is 1. The lowest BCUT2D eigenvalue weighted by molar-refractivity contribution is -0.146. The zero-order chi connectivity index (χ0) is 24.7. The number of alkyl halides is 3. The summed E-state index contributed by atoms with van der Waals surface area (Å²) in [5.74, 6) is 1.29. The maximum absolute atomic E-state index is 13.9. The van der Waals surface area contributed by atoms with Crippen molar-refractivity contribution in [1.82, 2.24) is 19.5 Å². The van der Waals surface area contributed by atoms with Gasteiger partial charge in [-0.2, -0.15) is 18.4 Å². The Hall–Kier alpha value is -2.86. The molecule has 0 spiro atoms. The fourth-order valence-corrected chi connectivity index (χ4v) is 5.63. The van der Waals surface area contributed by atoms with Gasteiger partial charge in [0.2, 0.25) is 5.95 Å². The normalized spacial score (nSPS) is 23.1. The van der Waals surface area contributed by atoms with E-state index in [0.29, 0.717) is 58.1 Å². The molecule has 0 radical (unpaired) electrons. The molecule has 1 aliphatic carbocycles. The summed E-state index contributed by atoms with van der Waals surface area (Å²) in [5.41, 5.74) is 2.27. The number of nitriles is 1. The first-order valence-corrected chi connectivity index (χ1v) is 12.4. The average molecular weight is 503 g/mol. The molecule has 0 bridgehead atoms. The molecular weight excluding hydrogens is 477 g/mol. The average Bonchev–Trinajstić information content (AvgIpc) is 3.45. The molecule has 0 N–H and O–H groups in total. The second-order valence-electron chi connectivity index (χ2n) is 9.77. The Labute approximate surface area is 206 Å². The molecule has 3 aromatic heterocycles. The molecule has 1 saturated carbocycles. The fourth-order valence-electron chi connectivity index (χ4n) is 5.45. The second-order valence-corrected chi connectivity index (χ2v) is 10.2. The fraction of sp³-hybridized carbons (Fsp3) is 0.520. The van der Waals surface area contributed by atoms with Crippen LogP contribution in [0.1, 0.15) is 51.1 Å². The lowest BCUT2D eigenvalue weighted by Gasteiger charge is -2.31. The van der Waals surface area contributed by atoms with Crippen molar-refractivity contribution in [2.24, 2.45) is 11.8 Å². The zero-order valence-electron chi connectivity index (χ0n) is 19.4. The second kappa shape index (κ2) is 9.30. The van der Waals surface area contributed by atoms with E-state index in [1.54, 1.807) is 18.3 Å². The number of aromatic nitrogens is 4. The van der Waals surface area contributed by atoms with E-state index >= 15 is 0 Å². The minimum Gasteiger partial charge on any atom is -0.330 e. The van der Waals surface area contributed by atoms with E-state index in [2.05, 4.69) is 23.0 Å². The molecule has 0 unspecified atom stereocenters. The maximum Gasteiger partial charge on any atom is 0.408 e. The van der Waals surface area contributed by atoms with Gasteiger partial charge in [-0.25, -0.2) is 9.97 Å². The largest absolute Gasteiger partial charge is 0.408 e. The van der Waals surface area contributed by atoms with E-state index < -0.39 is 12.2 Å². The number of rotatable bonds is 4. The van der Waals surface area contributed by atoms with Crippen molar-refractivity contribution in [1.29, 1.82) is 5.26 Å². The Kier molecular flexibility index (Phi) is 6.34. The molecule has 1 saturated heterocycles. The van der Waals surface area contributed by atoms with Gasteiger partial charge in [-0.15, -0.1) is 0 Å². The van der Waals surface area contributed by atoms with Crippen LogP contribution in [0.4, 0.5) is 19.1 Å². The van der Waals surface area contributed by atoms with Crippen LogP contribution in [-0.2, 0) is 6.54 Å². The number of anilines is 1. The highest BCUT2D eigenvalue weighted by Gasteiger charge is 2.47. The van der Waals surface area contributed by atoms with E-state index in [-0.39, 0.29) is 18.7 Å². The number of hydrogen-bond acceptors (Lipinski definition) is 5. The van der Waals surface area contributed by atoms with Crippen LogP contribution in [0.3, 0.4) is 0 Å². The van der Waals surface area contributed by atoms with Crippen LogP contribution >= 0.6 is 11.6 Å². The highest BCUT2D eigenvalue weighted by atomic mass is 35.5. The van der Waals surface area contributed by atoms with Gasteiger partial charge in [-0.1, -0.05) is 31.4 Å². The summed E-state index contributed by atoms with van der Waals surface area (Å²) < 4.78 is 43.7. The molecule has 2 fully saturated rings. The number of halogens is 4. The van der Waals surface area contributed by atoms with Gasteiger partial charge >= 0.3 is 6.18 Å². The molecule has 6 nitrogen and oxygen atoms in total. The lowest BCUT2D eigenvalue weighted by Crippen LogP contribution is -2.42. The molecule has 3 aromatic rings. The standard InChI is InChI=1S/C25H26ClF3N6/c1-15-4-6-16(7-5-15)14-35-23-20(33-24(35)34-8-2-3-21(34)25(27,28)29)10-19(11-30)32-22(23)17-9-18(26)13-31-12-17/h9-10,12-13,15-16,21H,2-8,14H2,1H3/t15?,16?,21-/m0/s1. The predicted molar refractivity (Wildman–Crippen MR) is 128 cm³/mol. The first-order chi connectivity index (χ1) is 16.7. The van der Waals surface area contributed by atoms with Gasteiger partial charge in [0.05, 0.1) is 21.7 Å². The van der Waals surface area contributed by atoms with Gasteiger partial charge in [-0.3, -0.25) is 4.98 Å². The molecule has 4 heterocycles. The summed E-state index contributed by atoms with van der Waals surface area (Å²) in [7, 11) is 0. The van der Waals surface area contributed by atoms with Crippen LogP contribution in [0.2, 0.25) is 5.02 Å². The van der Waals surface area contributed by atoms with Crippen LogP contribution in [0.25, 0.3) is 22.3 Å². The van der Waals surface area contributed by atoms with Gasteiger partial charge < -0.3 is 9.47 Å². The smallest absolute Gasteiger partial charge is 0.330 e. The van der Waals surface area contributed by atoms with E-state index in [9.17, 15) is 18.4 Å². The van der Waals surface area contributed by atoms with E-state index in [1.165, 1.54) is 11.1 Å². The summed E-state index contributed by atoms with van der Waals surface area (Å²) in [4.78, 5) is 14.8. The highest BCUT2D eigenvalue weighted by molar-refractivity contribution is 6.30. The van der Waals surface area contributed by atoms with Crippen molar-refractivity contribution >= 4 is 28.6 Å². The first-order valence-electron chi connectivity index (χ1n) is 12.0. The summed E-state index contributed by atoms with van der Waals surface area (Å²) in [5, 5.41) is 10.0. The van der Waals surface area contributed by atoms with Crippen molar-refractivity contribution in [2.75, 3.05) is 11.4 Å². The molecule has 2 aliphatic rings. The van der Waals surface area contributed by atoms with Gasteiger partial charge in [0.1, 0.15) is 17.8 Å². The van der Waals surface area contributed by atoms with Crippen LogP contribution in [0.15, 0.2) is 24.5 Å². The van der Waals surface area contributed by atoms with E-state index in [0.717, 1.165) is 25.7 Å². The van der Waals surface area contributed by atoms with Crippen molar-refractivity contribution in [3.63, 3.8) is 0 Å². The summed E-state index contributed by atoms with van der Waals surface area (Å²) in [6.45, 7) is 3.07. The molecule has 0 aromatic carbocycles. The van der Waals surface area contributed by atoms with Crippen LogP contribution in [0, 0.1) is 23.2 Å².